The summed E-state index contributed by atoms with van der Waals surface area (Å²) in [5, 5.41) is 7.03. The molecule has 1 aromatic carbocycles. The molecule has 1 fully saturated rings. The normalized spacial score (nSPS) is 20.1. The number of halogens is 4. The predicted octanol–water partition coefficient (Wildman–Crippen LogP) is 5.33. The van der Waals surface area contributed by atoms with E-state index < -0.39 is 40.9 Å². The van der Waals surface area contributed by atoms with Crippen LogP contribution in [-0.2, 0) is 26.9 Å². The first-order valence-electron chi connectivity index (χ1n) is 15.9. The Morgan fingerprint density at radius 3 is 2.58 bits per heavy atom. The molecule has 1 N–H and O–H groups in total. The number of nitrogens with one attached hydrogen (secondary N) is 1. The highest BCUT2D eigenvalue weighted by molar-refractivity contribution is 6.33. The van der Waals surface area contributed by atoms with Gasteiger partial charge in [0.15, 0.2) is 5.82 Å². The number of alkyl halides is 3. The summed E-state index contributed by atoms with van der Waals surface area (Å²) in [6.07, 6.45) is -1.36. The Kier molecular flexibility index (Phi) is 8.96. The molecule has 5 heterocycles. The van der Waals surface area contributed by atoms with Gasteiger partial charge in [0.05, 0.1) is 35.2 Å². The molecule has 0 bridgehead atoms. The van der Waals surface area contributed by atoms with Crippen LogP contribution < -0.4 is 15.8 Å². The molecular weight excluding hydrogens is 655 g/mol. The molecule has 1 saturated heterocycles. The molecule has 0 saturated carbocycles. The summed E-state index contributed by atoms with van der Waals surface area (Å²) in [6.45, 7) is 9.22. The number of ether oxygens (including phenoxy) is 2. The Morgan fingerprint density at radius 1 is 1.17 bits per heavy atom. The van der Waals surface area contributed by atoms with Crippen molar-refractivity contribution in [3.05, 3.63) is 56.7 Å². The Hall–Kier alpha value is -4.11. The van der Waals surface area contributed by atoms with Crippen molar-refractivity contribution in [3.8, 4) is 0 Å². The lowest BCUT2D eigenvalue weighted by Gasteiger charge is -2.42. The van der Waals surface area contributed by atoms with Crippen LogP contribution in [0.2, 0.25) is 5.02 Å². The lowest BCUT2D eigenvalue weighted by Crippen LogP contribution is -2.57. The first-order chi connectivity index (χ1) is 22.7. The summed E-state index contributed by atoms with van der Waals surface area (Å²) in [5.74, 6) is 0.00199. The van der Waals surface area contributed by atoms with Crippen LogP contribution in [0.1, 0.15) is 70.1 Å². The highest BCUT2D eigenvalue weighted by atomic mass is 35.5. The van der Waals surface area contributed by atoms with Gasteiger partial charge in [0, 0.05) is 25.7 Å². The molecule has 48 heavy (non-hydrogen) atoms. The Morgan fingerprint density at radius 2 is 1.94 bits per heavy atom. The number of carbonyl (C=O) groups excluding carboxylic acids is 2. The summed E-state index contributed by atoms with van der Waals surface area (Å²) in [7, 11) is 0. The molecule has 2 aromatic heterocycles. The van der Waals surface area contributed by atoms with Crippen molar-refractivity contribution >= 4 is 46.3 Å². The van der Waals surface area contributed by atoms with Gasteiger partial charge in [-0.05, 0) is 70.2 Å². The molecule has 2 atom stereocenters. The standard InChI is InChI=1S/C32H37ClF3N7O5/c1-5-20-17-40(30(46)48-31(2,3)4)12-13-41(20)25-23-8-9-24(27(44)37-22-7-6-19(16-21(22)33)32(34,35)36)42(23)29-38-26(39-43(29)28(25)45)18-10-14-47-15-11-18/h6-7,10,16,20,24H,5,8-9,11-15,17H2,1-4H3,(H,37,44). The Labute approximate surface area is 279 Å². The molecule has 16 heteroatoms. The van der Waals surface area contributed by atoms with E-state index >= 15 is 0 Å². The minimum absolute atomic E-state index is 0.0271. The van der Waals surface area contributed by atoms with Crippen molar-refractivity contribution in [2.75, 3.05) is 43.1 Å². The number of piperazine rings is 1. The Balaban J connectivity index is 1.40. The third-order valence-electron chi connectivity index (χ3n) is 8.73. The number of hydrogen-bond donors (Lipinski definition) is 1. The zero-order chi connectivity index (χ0) is 34.5. The molecule has 0 radical (unpaired) electrons. The van der Waals surface area contributed by atoms with Crippen LogP contribution in [0, 0.1) is 0 Å². The third-order valence-corrected chi connectivity index (χ3v) is 9.04. The van der Waals surface area contributed by atoms with Crippen LogP contribution in [0.15, 0.2) is 29.1 Å². The zero-order valence-corrected chi connectivity index (χ0v) is 27.8. The molecule has 0 spiro atoms. The van der Waals surface area contributed by atoms with Gasteiger partial charge in [-0.25, -0.2) is 4.79 Å². The van der Waals surface area contributed by atoms with Crippen LogP contribution in [0.5, 0.6) is 0 Å². The molecule has 258 valence electrons. The number of aromatic nitrogens is 4. The summed E-state index contributed by atoms with van der Waals surface area (Å²) in [5.41, 5.74) is -0.179. The van der Waals surface area contributed by atoms with Gasteiger partial charge in [0.2, 0.25) is 11.7 Å². The topological polar surface area (TPSA) is 123 Å². The maximum absolute atomic E-state index is 14.3. The van der Waals surface area contributed by atoms with E-state index in [1.54, 1.807) is 30.2 Å². The number of benzene rings is 1. The summed E-state index contributed by atoms with van der Waals surface area (Å²) >= 11 is 6.17. The average Bonchev–Trinajstić information content (AvgIpc) is 3.67. The molecule has 3 aliphatic heterocycles. The Bertz CT molecular complexity index is 1850. The van der Waals surface area contributed by atoms with Crippen LogP contribution in [0.25, 0.3) is 11.4 Å². The van der Waals surface area contributed by atoms with Gasteiger partial charge in [-0.1, -0.05) is 24.6 Å². The first-order valence-corrected chi connectivity index (χ1v) is 16.3. The van der Waals surface area contributed by atoms with Crippen molar-refractivity contribution < 1.29 is 32.2 Å². The van der Waals surface area contributed by atoms with Gasteiger partial charge in [-0.15, -0.1) is 5.10 Å². The van der Waals surface area contributed by atoms with Gasteiger partial charge in [-0.2, -0.15) is 22.7 Å². The predicted molar refractivity (Wildman–Crippen MR) is 172 cm³/mol. The van der Waals surface area contributed by atoms with E-state index in [9.17, 15) is 27.6 Å². The maximum atomic E-state index is 14.3. The molecule has 3 aromatic rings. The number of hydrogen-bond acceptors (Lipinski definition) is 8. The number of rotatable bonds is 5. The van der Waals surface area contributed by atoms with Gasteiger partial charge >= 0.3 is 12.3 Å². The minimum atomic E-state index is -4.59. The lowest BCUT2D eigenvalue weighted by atomic mass is 10.1. The van der Waals surface area contributed by atoms with E-state index in [-0.39, 0.29) is 22.5 Å². The fourth-order valence-electron chi connectivity index (χ4n) is 6.43. The minimum Gasteiger partial charge on any atom is -0.444 e. The van der Waals surface area contributed by atoms with Crippen molar-refractivity contribution in [3.63, 3.8) is 0 Å². The first kappa shape index (κ1) is 33.8. The van der Waals surface area contributed by atoms with Crippen LogP contribution >= 0.6 is 11.6 Å². The van der Waals surface area contributed by atoms with Gasteiger partial charge in [0.25, 0.3) is 5.56 Å². The van der Waals surface area contributed by atoms with E-state index in [2.05, 4.69) is 10.4 Å². The summed E-state index contributed by atoms with van der Waals surface area (Å²) in [6, 6.07) is 1.63. The fraction of sp³-hybridized carbons (Fsp3) is 0.531. The van der Waals surface area contributed by atoms with Crippen LogP contribution in [0.3, 0.4) is 0 Å². The number of nitrogens with zero attached hydrogens (tertiary/aromatic N) is 6. The van der Waals surface area contributed by atoms with Crippen molar-refractivity contribution in [1.29, 1.82) is 0 Å². The second-order valence-corrected chi connectivity index (χ2v) is 13.5. The van der Waals surface area contributed by atoms with Crippen molar-refractivity contribution in [2.24, 2.45) is 0 Å². The van der Waals surface area contributed by atoms with E-state index in [1.807, 2.05) is 17.9 Å². The third kappa shape index (κ3) is 6.49. The van der Waals surface area contributed by atoms with Gasteiger partial charge in [-0.3, -0.25) is 14.2 Å². The van der Waals surface area contributed by atoms with E-state index in [0.29, 0.717) is 75.7 Å². The second kappa shape index (κ2) is 12.7. The van der Waals surface area contributed by atoms with Crippen LogP contribution in [-0.4, -0.2) is 80.6 Å². The molecule has 6 rings (SSSR count). The van der Waals surface area contributed by atoms with E-state index in [4.69, 9.17) is 26.1 Å². The quantitative estimate of drug-likeness (QED) is 0.381. The highest BCUT2D eigenvalue weighted by Gasteiger charge is 2.40. The van der Waals surface area contributed by atoms with Crippen LogP contribution in [0.4, 0.5) is 29.3 Å². The molecular formula is C32H37ClF3N7O5. The molecule has 0 aliphatic carbocycles. The molecule has 3 aliphatic rings. The number of amides is 2. The smallest absolute Gasteiger partial charge is 0.416 e. The zero-order valence-electron chi connectivity index (χ0n) is 27.1. The lowest BCUT2D eigenvalue weighted by molar-refractivity contribution is -0.137. The number of fused-ring (bicyclic) bond motifs is 3. The maximum Gasteiger partial charge on any atom is 0.416 e. The van der Waals surface area contributed by atoms with E-state index in [0.717, 1.165) is 23.8 Å². The van der Waals surface area contributed by atoms with Gasteiger partial charge in [0.1, 0.15) is 17.3 Å². The summed E-state index contributed by atoms with van der Waals surface area (Å²) < 4.78 is 53.6. The van der Waals surface area contributed by atoms with Crippen molar-refractivity contribution in [1.82, 2.24) is 24.1 Å². The largest absolute Gasteiger partial charge is 0.444 e. The van der Waals surface area contributed by atoms with E-state index in [1.165, 1.54) is 4.52 Å². The van der Waals surface area contributed by atoms with Crippen molar-refractivity contribution in [2.45, 2.75) is 77.2 Å². The average molecular weight is 692 g/mol. The van der Waals surface area contributed by atoms with Gasteiger partial charge < -0.3 is 24.6 Å². The molecule has 2 unspecified atom stereocenters. The molecule has 2 amide bonds. The number of anilines is 2. The number of carbonyl (C=O) groups is 2. The monoisotopic (exact) mass is 691 g/mol. The fourth-order valence-corrected chi connectivity index (χ4v) is 6.65. The molecule has 12 nitrogen and oxygen atoms in total. The summed E-state index contributed by atoms with van der Waals surface area (Å²) in [4.78, 5) is 49.4. The highest BCUT2D eigenvalue weighted by Crippen LogP contribution is 2.37. The second-order valence-electron chi connectivity index (χ2n) is 13.1. The SMILES string of the molecule is CCC1CN(C(=O)OC(C)(C)C)CCN1c1c2n(c3nc(C4=CCOCC4)nn3c1=O)C(C(=O)Nc1ccc(C(F)(F)F)cc1Cl)CC2.